The van der Waals surface area contributed by atoms with Crippen molar-refractivity contribution in [3.8, 4) is 0 Å². The number of benzene rings is 2. The normalized spacial score (nSPS) is 16.6. The molecule has 2 aromatic rings. The van der Waals surface area contributed by atoms with Gasteiger partial charge in [0, 0.05) is 24.3 Å². The smallest absolute Gasteiger partial charge is 0.319 e. The number of sulfone groups is 1. The van der Waals surface area contributed by atoms with Crippen molar-refractivity contribution in [2.24, 2.45) is 0 Å². The third-order valence-electron chi connectivity index (χ3n) is 6.23. The summed E-state index contributed by atoms with van der Waals surface area (Å²) in [6.45, 7) is 3.19. The summed E-state index contributed by atoms with van der Waals surface area (Å²) in [7, 11) is -1.59. The Morgan fingerprint density at radius 2 is 1.91 bits per heavy atom. The van der Waals surface area contributed by atoms with E-state index < -0.39 is 22.5 Å². The van der Waals surface area contributed by atoms with Crippen LogP contribution in [0.4, 0.5) is 10.5 Å². The molecule has 1 unspecified atom stereocenters. The summed E-state index contributed by atoms with van der Waals surface area (Å²) in [6.07, 6.45) is 8.14. The number of rotatable bonds is 7. The Morgan fingerprint density at radius 1 is 1.12 bits per heavy atom. The fourth-order valence-corrected chi connectivity index (χ4v) is 5.80. The predicted octanol–water partition coefficient (Wildman–Crippen LogP) is 3.88. The molecule has 0 aromatic heterocycles. The number of hydrogen-bond donors (Lipinski definition) is 3. The molecule has 8 heteroatoms. The van der Waals surface area contributed by atoms with Crippen molar-refractivity contribution in [2.75, 3.05) is 12.4 Å². The Bertz CT molecular complexity index is 1250. The van der Waals surface area contributed by atoms with Crippen molar-refractivity contribution in [1.82, 2.24) is 10.2 Å². The molecule has 3 N–H and O–H groups in total. The van der Waals surface area contributed by atoms with Crippen LogP contribution >= 0.6 is 0 Å². The number of fused-ring (bicyclic) bond motifs is 1. The van der Waals surface area contributed by atoms with Gasteiger partial charge < -0.3 is 15.7 Å². The van der Waals surface area contributed by atoms with Crippen LogP contribution in [0.2, 0.25) is 0 Å². The number of carbonyl (C=O) groups excluding carboxylic acids is 1. The van der Waals surface area contributed by atoms with Crippen LogP contribution in [0.5, 0.6) is 0 Å². The lowest BCUT2D eigenvalue weighted by Gasteiger charge is -2.19. The highest BCUT2D eigenvalue weighted by atomic mass is 32.2. The molecule has 0 saturated heterocycles. The molecule has 1 atom stereocenters. The Hall–Kier alpha value is -2.94. The highest BCUT2D eigenvalue weighted by molar-refractivity contribution is 7.90. The lowest BCUT2D eigenvalue weighted by Crippen LogP contribution is -2.37. The fraction of sp³-hybridized carbons (Fsp3) is 0.346. The van der Waals surface area contributed by atoms with Gasteiger partial charge in [-0.1, -0.05) is 36.4 Å². The number of nitrogens with one attached hydrogen (secondary N) is 2. The fourth-order valence-electron chi connectivity index (χ4n) is 4.42. The quantitative estimate of drug-likeness (QED) is 0.557. The lowest BCUT2D eigenvalue weighted by atomic mass is 10.0. The molecule has 1 aliphatic carbocycles. The summed E-state index contributed by atoms with van der Waals surface area (Å²) in [5.74, 6) is -0.123. The van der Waals surface area contributed by atoms with E-state index in [-0.39, 0.29) is 16.7 Å². The number of hydrogen-bond acceptors (Lipinski definition) is 5. The topological polar surface area (TPSA) is 98.7 Å². The first-order valence-electron chi connectivity index (χ1n) is 11.4. The van der Waals surface area contributed by atoms with Crippen molar-refractivity contribution in [3.05, 3.63) is 82.5 Å². The molecule has 0 radical (unpaired) electrons. The van der Waals surface area contributed by atoms with Crippen LogP contribution in [0.15, 0.2) is 65.1 Å². The van der Waals surface area contributed by atoms with Crippen molar-refractivity contribution < 1.29 is 18.3 Å². The molecule has 0 saturated carbocycles. The first-order valence-corrected chi connectivity index (χ1v) is 13.1. The van der Waals surface area contributed by atoms with Crippen molar-refractivity contribution >= 4 is 21.6 Å². The van der Waals surface area contributed by atoms with Gasteiger partial charge in [0.2, 0.25) is 0 Å². The molecule has 0 spiro atoms. The Morgan fingerprint density at radius 3 is 2.65 bits per heavy atom. The maximum absolute atomic E-state index is 13.1. The van der Waals surface area contributed by atoms with Gasteiger partial charge in [-0.05, 0) is 67.3 Å². The predicted molar refractivity (Wildman–Crippen MR) is 133 cm³/mol. The van der Waals surface area contributed by atoms with Gasteiger partial charge in [-0.25, -0.2) is 13.2 Å². The average molecular weight is 482 g/mol. The second-order valence-corrected chi connectivity index (χ2v) is 11.0. The molecule has 34 heavy (non-hydrogen) atoms. The number of urea groups is 1. The minimum atomic E-state index is -3.62. The van der Waals surface area contributed by atoms with Gasteiger partial charge in [0.25, 0.3) is 0 Å². The highest BCUT2D eigenvalue weighted by Crippen LogP contribution is 2.27. The zero-order valence-corrected chi connectivity index (χ0v) is 20.4. The van der Waals surface area contributed by atoms with Crippen LogP contribution in [-0.4, -0.2) is 37.5 Å². The Labute approximate surface area is 201 Å². The lowest BCUT2D eigenvalue weighted by molar-refractivity contribution is 0.250. The van der Waals surface area contributed by atoms with E-state index in [4.69, 9.17) is 0 Å². The number of aliphatic hydroxyl groups excluding tert-OH is 1. The van der Waals surface area contributed by atoms with Crippen LogP contribution in [0, 0.1) is 0 Å². The van der Waals surface area contributed by atoms with Gasteiger partial charge in [-0.15, -0.1) is 0 Å². The van der Waals surface area contributed by atoms with E-state index in [1.54, 1.807) is 0 Å². The summed E-state index contributed by atoms with van der Waals surface area (Å²) in [6, 6.07) is 9.67. The van der Waals surface area contributed by atoms with Crippen LogP contribution in [-0.2, 0) is 35.3 Å². The first kappa shape index (κ1) is 24.2. The van der Waals surface area contributed by atoms with Gasteiger partial charge in [-0.2, -0.15) is 0 Å². The minimum Gasteiger partial charge on any atom is -0.392 e. The molecular weight excluding hydrogens is 450 g/mol. The van der Waals surface area contributed by atoms with E-state index >= 15 is 0 Å². The molecule has 2 aromatic carbocycles. The SMILES string of the molecule is CC(NC(=O)Nc1ccc(S(=O)(=O)Cc2ccc3c(c2)CN(C)C3)cc1CO)C1=CCCC=C1. The van der Waals surface area contributed by atoms with Crippen molar-refractivity contribution in [1.29, 1.82) is 0 Å². The number of anilines is 1. The van der Waals surface area contributed by atoms with E-state index in [1.807, 2.05) is 38.2 Å². The molecule has 1 aliphatic heterocycles. The third-order valence-corrected chi connectivity index (χ3v) is 7.92. The van der Waals surface area contributed by atoms with E-state index in [0.29, 0.717) is 11.3 Å². The molecular formula is C26H31N3O4S. The van der Waals surface area contributed by atoms with Crippen molar-refractivity contribution in [2.45, 2.75) is 56.2 Å². The monoisotopic (exact) mass is 481 g/mol. The summed E-state index contributed by atoms with van der Waals surface area (Å²) in [4.78, 5) is 14.8. The average Bonchev–Trinajstić information content (AvgIpc) is 3.18. The molecule has 0 bridgehead atoms. The maximum Gasteiger partial charge on any atom is 0.319 e. The Balaban J connectivity index is 1.46. The zero-order valence-electron chi connectivity index (χ0n) is 19.5. The molecule has 4 rings (SSSR count). The van der Waals surface area contributed by atoms with E-state index in [9.17, 15) is 18.3 Å². The van der Waals surface area contributed by atoms with Crippen LogP contribution in [0.1, 0.15) is 42.0 Å². The summed E-state index contributed by atoms with van der Waals surface area (Å²) in [5, 5.41) is 15.4. The second-order valence-electron chi connectivity index (χ2n) is 9.02. The van der Waals surface area contributed by atoms with Crippen LogP contribution < -0.4 is 10.6 Å². The number of aliphatic hydroxyl groups is 1. The number of carbonyl (C=O) groups is 1. The number of allylic oxidation sites excluding steroid dienone is 2. The first-order chi connectivity index (χ1) is 16.2. The minimum absolute atomic E-state index is 0.117. The van der Waals surface area contributed by atoms with E-state index in [2.05, 4.69) is 27.7 Å². The third kappa shape index (κ3) is 5.58. The van der Waals surface area contributed by atoms with Crippen LogP contribution in [0.25, 0.3) is 0 Å². The molecule has 7 nitrogen and oxygen atoms in total. The standard InChI is InChI=1S/C26H31N3O4S/c1-18(20-6-4-3-5-7-20)27-26(31)28-25-11-10-24(13-23(25)16-30)34(32,33)17-19-8-9-21-14-29(2)15-22(21)12-19/h4,6-13,18,30H,3,5,14-17H2,1-2H3,(H2,27,28,31). The van der Waals surface area contributed by atoms with Crippen LogP contribution in [0.3, 0.4) is 0 Å². The van der Waals surface area contributed by atoms with Gasteiger partial charge in [0.15, 0.2) is 9.84 Å². The summed E-state index contributed by atoms with van der Waals surface area (Å²) >= 11 is 0. The molecule has 2 aliphatic rings. The maximum atomic E-state index is 13.1. The second kappa shape index (κ2) is 10.1. The Kier molecular flexibility index (Phi) is 7.21. The van der Waals surface area contributed by atoms with Gasteiger partial charge >= 0.3 is 6.03 Å². The van der Waals surface area contributed by atoms with Gasteiger partial charge in [-0.3, -0.25) is 4.90 Å². The molecule has 180 valence electrons. The van der Waals surface area contributed by atoms with Gasteiger partial charge in [0.05, 0.1) is 23.3 Å². The van der Waals surface area contributed by atoms with E-state index in [0.717, 1.165) is 42.6 Å². The van der Waals surface area contributed by atoms with Gasteiger partial charge in [0.1, 0.15) is 0 Å². The van der Waals surface area contributed by atoms with E-state index in [1.165, 1.54) is 23.8 Å². The highest BCUT2D eigenvalue weighted by Gasteiger charge is 2.21. The number of amides is 2. The molecule has 2 amide bonds. The molecule has 1 heterocycles. The largest absolute Gasteiger partial charge is 0.392 e. The number of nitrogens with zero attached hydrogens (tertiary/aromatic N) is 1. The molecule has 0 fully saturated rings. The summed E-state index contributed by atoms with van der Waals surface area (Å²) in [5.41, 5.74) is 4.89. The zero-order chi connectivity index (χ0) is 24.3. The summed E-state index contributed by atoms with van der Waals surface area (Å²) < 4.78 is 26.2. The van der Waals surface area contributed by atoms with Crippen molar-refractivity contribution in [3.63, 3.8) is 0 Å².